The second-order valence-electron chi connectivity index (χ2n) is 12.5. The highest BCUT2D eigenvalue weighted by molar-refractivity contribution is 6.16. The monoisotopic (exact) mass is 615 g/mol. The predicted molar refractivity (Wildman–Crippen MR) is 203 cm³/mol. The molecule has 2 heteroatoms. The molecule has 0 atom stereocenters. The van der Waals surface area contributed by atoms with Gasteiger partial charge in [-0.15, -0.1) is 0 Å². The van der Waals surface area contributed by atoms with Crippen molar-refractivity contribution >= 4 is 55.3 Å². The molecular weight excluding hydrogens is 583 g/mol. The minimum Gasteiger partial charge on any atom is -0.456 e. The molecule has 0 saturated carbocycles. The molecule has 0 fully saturated rings. The summed E-state index contributed by atoms with van der Waals surface area (Å²) in [7, 11) is 0. The van der Waals surface area contributed by atoms with Gasteiger partial charge in [-0.2, -0.15) is 0 Å². The third-order valence-corrected chi connectivity index (χ3v) is 9.52. The molecule has 0 bridgehead atoms. The number of nitrogens with zero attached hydrogens (tertiary/aromatic N) is 1. The van der Waals surface area contributed by atoms with Crippen molar-refractivity contribution in [2.75, 3.05) is 4.90 Å². The summed E-state index contributed by atoms with van der Waals surface area (Å²) >= 11 is 0. The van der Waals surface area contributed by atoms with Crippen LogP contribution in [0.4, 0.5) is 17.1 Å². The topological polar surface area (TPSA) is 16.4 Å². The first-order chi connectivity index (χ1) is 23.8. The van der Waals surface area contributed by atoms with Gasteiger partial charge in [-0.25, -0.2) is 0 Å². The van der Waals surface area contributed by atoms with Crippen molar-refractivity contribution in [1.82, 2.24) is 0 Å². The second-order valence-corrected chi connectivity index (χ2v) is 12.5. The van der Waals surface area contributed by atoms with Crippen molar-refractivity contribution in [3.05, 3.63) is 182 Å². The fraction of sp³-hybridized carbons (Fsp3) is 0.0435. The maximum atomic E-state index is 6.47. The van der Waals surface area contributed by atoms with Crippen LogP contribution in [0.5, 0.6) is 0 Å². The highest BCUT2D eigenvalue weighted by Crippen LogP contribution is 2.45. The zero-order chi connectivity index (χ0) is 31.9. The molecule has 1 aromatic heterocycles. The normalized spacial score (nSPS) is 12.9. The van der Waals surface area contributed by atoms with E-state index in [0.717, 1.165) is 63.0 Å². The number of furan rings is 1. The summed E-state index contributed by atoms with van der Waals surface area (Å²) in [4.78, 5) is 2.37. The van der Waals surface area contributed by atoms with E-state index in [0.29, 0.717) is 0 Å². The molecule has 8 aromatic rings. The van der Waals surface area contributed by atoms with Crippen molar-refractivity contribution in [1.29, 1.82) is 0 Å². The molecule has 228 valence electrons. The molecule has 7 aromatic carbocycles. The lowest BCUT2D eigenvalue weighted by Gasteiger charge is -2.28. The van der Waals surface area contributed by atoms with Crippen LogP contribution in [0, 0.1) is 0 Å². The van der Waals surface area contributed by atoms with Gasteiger partial charge in [0.2, 0.25) is 0 Å². The van der Waals surface area contributed by atoms with Crippen molar-refractivity contribution < 1.29 is 4.42 Å². The van der Waals surface area contributed by atoms with Gasteiger partial charge in [0.25, 0.3) is 0 Å². The predicted octanol–water partition coefficient (Wildman–Crippen LogP) is 13.3. The fourth-order valence-corrected chi connectivity index (χ4v) is 7.18. The third kappa shape index (κ3) is 4.99. The molecule has 0 aliphatic heterocycles. The highest BCUT2D eigenvalue weighted by atomic mass is 16.3. The van der Waals surface area contributed by atoms with E-state index in [1.807, 2.05) is 0 Å². The molecule has 0 N–H and O–H groups in total. The van der Waals surface area contributed by atoms with Gasteiger partial charge in [0.15, 0.2) is 0 Å². The van der Waals surface area contributed by atoms with E-state index >= 15 is 0 Å². The molecule has 0 amide bonds. The Kier molecular flexibility index (Phi) is 6.98. The van der Waals surface area contributed by atoms with Crippen molar-refractivity contribution in [2.24, 2.45) is 0 Å². The number of benzene rings is 7. The lowest BCUT2D eigenvalue weighted by Crippen LogP contribution is -2.11. The smallest absolute Gasteiger partial charge is 0.136 e. The summed E-state index contributed by atoms with van der Waals surface area (Å²) in [6, 6.07) is 56.6. The average Bonchev–Trinajstić information content (AvgIpc) is 3.53. The van der Waals surface area contributed by atoms with Crippen LogP contribution in [-0.4, -0.2) is 0 Å². The second kappa shape index (κ2) is 11.9. The maximum absolute atomic E-state index is 6.47. The molecule has 0 unspecified atom stereocenters. The van der Waals surface area contributed by atoms with Crippen LogP contribution in [-0.2, 0) is 0 Å². The fourth-order valence-electron chi connectivity index (χ4n) is 7.18. The Morgan fingerprint density at radius 2 is 1.21 bits per heavy atom. The van der Waals surface area contributed by atoms with Gasteiger partial charge in [-0.05, 0) is 106 Å². The SMILES string of the molecule is C1=CCCC(c2cccc(-c3ccc(N(c4ccccc4)c4ccccc4-c4cccc5oc6cc7ccccc7cc6c45)cc3)c2)=C1. The first-order valence-electron chi connectivity index (χ1n) is 16.7. The maximum Gasteiger partial charge on any atom is 0.136 e. The van der Waals surface area contributed by atoms with Gasteiger partial charge in [0.1, 0.15) is 11.2 Å². The summed E-state index contributed by atoms with van der Waals surface area (Å²) in [6.07, 6.45) is 8.85. The molecule has 0 saturated heterocycles. The molecule has 1 heterocycles. The van der Waals surface area contributed by atoms with E-state index in [-0.39, 0.29) is 0 Å². The van der Waals surface area contributed by atoms with Crippen LogP contribution in [0.1, 0.15) is 18.4 Å². The lowest BCUT2D eigenvalue weighted by atomic mass is 9.94. The summed E-state index contributed by atoms with van der Waals surface area (Å²) in [5.74, 6) is 0. The Hall–Kier alpha value is -6.12. The van der Waals surface area contributed by atoms with Gasteiger partial charge in [0.05, 0.1) is 5.69 Å². The van der Waals surface area contributed by atoms with E-state index in [2.05, 4.69) is 181 Å². The largest absolute Gasteiger partial charge is 0.456 e. The Balaban J connectivity index is 1.18. The Morgan fingerprint density at radius 1 is 0.500 bits per heavy atom. The quantitative estimate of drug-likeness (QED) is 0.185. The summed E-state index contributed by atoms with van der Waals surface area (Å²) < 4.78 is 6.47. The number of allylic oxidation sites excluding steroid dienone is 4. The van der Waals surface area contributed by atoms with Crippen LogP contribution in [0.15, 0.2) is 180 Å². The van der Waals surface area contributed by atoms with Crippen molar-refractivity contribution in [3.63, 3.8) is 0 Å². The number of anilines is 3. The van der Waals surface area contributed by atoms with Crippen LogP contribution in [0.2, 0.25) is 0 Å². The zero-order valence-corrected chi connectivity index (χ0v) is 26.5. The van der Waals surface area contributed by atoms with Gasteiger partial charge >= 0.3 is 0 Å². The summed E-state index contributed by atoms with van der Waals surface area (Å²) in [5.41, 5.74) is 12.5. The first-order valence-corrected chi connectivity index (χ1v) is 16.7. The Morgan fingerprint density at radius 3 is 2.04 bits per heavy atom. The lowest BCUT2D eigenvalue weighted by molar-refractivity contribution is 0.669. The Labute approximate surface area is 280 Å². The van der Waals surface area contributed by atoms with E-state index in [1.165, 1.54) is 33.0 Å². The van der Waals surface area contributed by atoms with E-state index in [4.69, 9.17) is 4.42 Å². The molecule has 2 nitrogen and oxygen atoms in total. The average molecular weight is 616 g/mol. The Bertz CT molecular complexity index is 2500. The molecule has 1 aliphatic carbocycles. The molecule has 48 heavy (non-hydrogen) atoms. The highest BCUT2D eigenvalue weighted by Gasteiger charge is 2.20. The standard InChI is InChI=1S/C46H33NO/c1-3-13-32(14-4-1)34-17-11-18-35(29-34)33-25-27-39(28-26-33)47(38-19-5-2-6-20-38)43-23-10-9-21-40(43)41-22-12-24-44-46(41)42-30-36-15-7-8-16-37(36)31-45(42)48-44/h1-3,5-13,15-31H,4,14H2. The zero-order valence-electron chi connectivity index (χ0n) is 26.5. The van der Waals surface area contributed by atoms with Crippen LogP contribution in [0.3, 0.4) is 0 Å². The van der Waals surface area contributed by atoms with Crippen LogP contribution in [0.25, 0.3) is 60.5 Å². The number of para-hydroxylation sites is 2. The van der Waals surface area contributed by atoms with E-state index < -0.39 is 0 Å². The van der Waals surface area contributed by atoms with Gasteiger partial charge in [-0.1, -0.05) is 121 Å². The number of fused-ring (bicyclic) bond motifs is 4. The van der Waals surface area contributed by atoms with E-state index in [9.17, 15) is 0 Å². The van der Waals surface area contributed by atoms with Crippen molar-refractivity contribution in [2.45, 2.75) is 12.8 Å². The summed E-state index contributed by atoms with van der Waals surface area (Å²) in [6.45, 7) is 0. The van der Waals surface area contributed by atoms with Crippen molar-refractivity contribution in [3.8, 4) is 22.3 Å². The third-order valence-electron chi connectivity index (χ3n) is 9.52. The molecular formula is C46H33NO. The van der Waals surface area contributed by atoms with Gasteiger partial charge < -0.3 is 9.32 Å². The first kappa shape index (κ1) is 28.1. The number of hydrogen-bond acceptors (Lipinski definition) is 2. The number of rotatable bonds is 6. The van der Waals surface area contributed by atoms with Crippen LogP contribution >= 0.6 is 0 Å². The molecule has 0 spiro atoms. The van der Waals surface area contributed by atoms with Crippen LogP contribution < -0.4 is 4.90 Å². The molecule has 1 aliphatic rings. The minimum atomic E-state index is 0.894. The number of hydrogen-bond donors (Lipinski definition) is 0. The minimum absolute atomic E-state index is 0.894. The summed E-state index contributed by atoms with van der Waals surface area (Å²) in [5, 5.41) is 4.66. The van der Waals surface area contributed by atoms with Gasteiger partial charge in [0, 0.05) is 27.7 Å². The van der Waals surface area contributed by atoms with E-state index in [1.54, 1.807) is 0 Å². The molecule has 0 radical (unpaired) electrons. The van der Waals surface area contributed by atoms with Gasteiger partial charge in [-0.3, -0.25) is 0 Å². The molecule has 9 rings (SSSR count).